The van der Waals surface area contributed by atoms with Gasteiger partial charge < -0.3 is 5.32 Å². The maximum atomic E-state index is 12.9. The van der Waals surface area contributed by atoms with Crippen LogP contribution >= 0.6 is 0 Å². The average Bonchev–Trinajstić information content (AvgIpc) is 3.67. The van der Waals surface area contributed by atoms with E-state index in [1.165, 1.54) is 6.08 Å². The van der Waals surface area contributed by atoms with Gasteiger partial charge >= 0.3 is 132 Å². The predicted molar refractivity (Wildman–Crippen MR) is 133 cm³/mol. The molecular weight excluding hydrogens is 473 g/mol. The van der Waals surface area contributed by atoms with Crippen LogP contribution in [-0.4, -0.2) is 34.7 Å². The van der Waals surface area contributed by atoms with E-state index in [1.807, 2.05) is 78.9 Å². The summed E-state index contributed by atoms with van der Waals surface area (Å²) in [5, 5.41) is 9.37. The number of anilines is 1. The number of carbonyl (C=O) groups excluding carboxylic acids is 2. The van der Waals surface area contributed by atoms with Crippen molar-refractivity contribution in [3.8, 4) is 0 Å². The molecule has 1 aliphatic carbocycles. The second-order valence-electron chi connectivity index (χ2n) is 8.08. The second-order valence-corrected chi connectivity index (χ2v) is 9.09. The summed E-state index contributed by atoms with van der Waals surface area (Å²) in [5.74, 6) is -0.226. The van der Waals surface area contributed by atoms with Crippen LogP contribution in [0, 0.1) is 0 Å². The van der Waals surface area contributed by atoms with E-state index >= 15 is 0 Å². The first kappa shape index (κ1) is 23.0. The van der Waals surface area contributed by atoms with Gasteiger partial charge in [0, 0.05) is 12.6 Å². The van der Waals surface area contributed by atoms with Gasteiger partial charge in [0.1, 0.15) is 0 Å². The summed E-state index contributed by atoms with van der Waals surface area (Å²) in [4.78, 5) is 25.2. The number of amides is 2. The molecule has 0 aliphatic heterocycles. The molecule has 3 N–H and O–H groups in total. The molecule has 0 aromatic heterocycles. The van der Waals surface area contributed by atoms with Crippen molar-refractivity contribution in [2.45, 2.75) is 31.5 Å². The fourth-order valence-corrected chi connectivity index (χ4v) is 3.88. The van der Waals surface area contributed by atoms with Crippen LogP contribution in [0.2, 0.25) is 0 Å². The minimum absolute atomic E-state index is 0.0370. The van der Waals surface area contributed by atoms with Crippen LogP contribution in [-0.2, 0) is 16.1 Å². The number of rotatable bonds is 9. The zero-order chi connectivity index (χ0) is 23.0. The Labute approximate surface area is 203 Å². The molecule has 1 fully saturated rings. The number of nitrogens with one attached hydrogen (secondary N) is 3. The van der Waals surface area contributed by atoms with Gasteiger partial charge in [0.2, 0.25) is 0 Å². The third-order valence-corrected chi connectivity index (χ3v) is 6.23. The van der Waals surface area contributed by atoms with Gasteiger partial charge in [0.25, 0.3) is 0 Å². The van der Waals surface area contributed by atoms with Gasteiger partial charge in [-0.2, -0.15) is 0 Å². The fourth-order valence-electron chi connectivity index (χ4n) is 3.42. The monoisotopic (exact) mass is 499 g/mol. The van der Waals surface area contributed by atoms with Crippen LogP contribution < -0.4 is 20.3 Å². The van der Waals surface area contributed by atoms with E-state index in [1.54, 1.807) is 6.08 Å². The normalized spacial score (nSPS) is 14.1. The zero-order valence-electron chi connectivity index (χ0n) is 18.2. The van der Waals surface area contributed by atoms with Gasteiger partial charge in [-0.1, -0.05) is 30.3 Å². The van der Waals surface area contributed by atoms with Gasteiger partial charge in [0.05, 0.1) is 0 Å². The topological polar surface area (TPSA) is 70.2 Å². The van der Waals surface area contributed by atoms with Crippen LogP contribution in [0.1, 0.15) is 35.6 Å². The van der Waals surface area contributed by atoms with Crippen molar-refractivity contribution in [1.29, 1.82) is 0 Å². The first-order valence-corrected chi connectivity index (χ1v) is 12.0. The summed E-state index contributed by atoms with van der Waals surface area (Å²) in [6.07, 6.45) is 5.47. The Morgan fingerprint density at radius 3 is 2.33 bits per heavy atom. The van der Waals surface area contributed by atoms with Crippen LogP contribution in [0.3, 0.4) is 0 Å². The molecule has 33 heavy (non-hydrogen) atoms. The third-order valence-electron chi connectivity index (χ3n) is 5.41. The molecule has 2 radical (unpaired) electrons. The van der Waals surface area contributed by atoms with E-state index in [-0.39, 0.29) is 11.8 Å². The molecule has 1 unspecified atom stereocenters. The van der Waals surface area contributed by atoms with Gasteiger partial charge in [-0.05, 0) is 18.4 Å². The van der Waals surface area contributed by atoms with E-state index in [0.717, 1.165) is 39.6 Å². The van der Waals surface area contributed by atoms with E-state index < -0.39 is 6.04 Å². The molecule has 0 saturated heterocycles. The van der Waals surface area contributed by atoms with E-state index in [9.17, 15) is 9.59 Å². The van der Waals surface area contributed by atoms with Crippen molar-refractivity contribution in [3.63, 3.8) is 0 Å². The van der Waals surface area contributed by atoms with Crippen molar-refractivity contribution >= 4 is 44.8 Å². The maximum absolute atomic E-state index is 12.9. The van der Waals surface area contributed by atoms with Crippen molar-refractivity contribution in [1.82, 2.24) is 10.6 Å². The fraction of sp³-hybridized carbons (Fsp3) is 0.185. The summed E-state index contributed by atoms with van der Waals surface area (Å²) in [7, 11) is 0. The van der Waals surface area contributed by atoms with Crippen molar-refractivity contribution < 1.29 is 9.59 Å². The molecule has 0 heterocycles. The standard InChI is InChI=1S/C27H26AsN3O2/c28-23-8-4-5-9-24(23)31-25(32)17-12-19-10-13-21(14-11-19)26(30-22-15-16-22)27(33)29-18-20-6-2-1-3-7-20/h1-14,17,22,26,30H,15-16,18H2,(H,29,33)(H,31,32). The first-order chi connectivity index (χ1) is 16.1. The number of para-hydroxylation sites is 1. The van der Waals surface area contributed by atoms with E-state index in [0.29, 0.717) is 12.6 Å². The van der Waals surface area contributed by atoms with Gasteiger partial charge in [-0.3, -0.25) is 4.79 Å². The van der Waals surface area contributed by atoms with Gasteiger partial charge in [0.15, 0.2) is 0 Å². The van der Waals surface area contributed by atoms with Gasteiger partial charge in [-0.25, -0.2) is 0 Å². The molecule has 3 aromatic carbocycles. The molecule has 4 rings (SSSR count). The Bertz CT molecular complexity index is 1130. The molecule has 166 valence electrons. The zero-order valence-corrected chi connectivity index (χ0v) is 20.1. The number of hydrogen-bond acceptors (Lipinski definition) is 3. The summed E-state index contributed by atoms with van der Waals surface area (Å²) in [6.45, 7) is 0.498. The second kappa shape index (κ2) is 11.1. The average molecular weight is 499 g/mol. The molecular formula is C27H26AsN3O2. The molecule has 1 saturated carbocycles. The number of hydrogen-bond donors (Lipinski definition) is 3. The molecule has 3 aromatic rings. The Morgan fingerprint density at radius 2 is 1.64 bits per heavy atom. The van der Waals surface area contributed by atoms with Crippen LogP contribution in [0.25, 0.3) is 6.08 Å². The summed E-state index contributed by atoms with van der Waals surface area (Å²) >= 11 is 2.45. The van der Waals surface area contributed by atoms with Crippen molar-refractivity contribution in [2.24, 2.45) is 0 Å². The van der Waals surface area contributed by atoms with Gasteiger partial charge in [-0.15, -0.1) is 0 Å². The Balaban J connectivity index is 1.38. The molecule has 0 spiro atoms. The molecule has 2 amide bonds. The molecule has 1 aliphatic rings. The first-order valence-electron chi connectivity index (χ1n) is 11.0. The van der Waals surface area contributed by atoms with Crippen LogP contribution in [0.4, 0.5) is 5.69 Å². The molecule has 1 atom stereocenters. The number of carbonyl (C=O) groups is 2. The summed E-state index contributed by atoms with van der Waals surface area (Å²) < 4.78 is 0.954. The van der Waals surface area contributed by atoms with Crippen molar-refractivity contribution in [2.75, 3.05) is 5.32 Å². The SMILES string of the molecule is O=C(C=Cc1ccc(C(NC2CC2)C(=O)NCc2ccccc2)cc1)Nc1ccccc1[As]. The Kier molecular flexibility index (Phi) is 7.77. The summed E-state index contributed by atoms with van der Waals surface area (Å²) in [5.41, 5.74) is 3.65. The Morgan fingerprint density at radius 1 is 0.939 bits per heavy atom. The van der Waals surface area contributed by atoms with Crippen LogP contribution in [0.5, 0.6) is 0 Å². The van der Waals surface area contributed by atoms with E-state index in [4.69, 9.17) is 0 Å². The molecule has 0 bridgehead atoms. The number of benzene rings is 3. The van der Waals surface area contributed by atoms with Crippen molar-refractivity contribution in [3.05, 3.63) is 102 Å². The van der Waals surface area contributed by atoms with E-state index in [2.05, 4.69) is 32.8 Å². The minimum atomic E-state index is -0.401. The van der Waals surface area contributed by atoms with Crippen LogP contribution in [0.15, 0.2) is 84.9 Å². The Hall–Kier alpha value is -3.14. The molecule has 5 nitrogen and oxygen atoms in total. The predicted octanol–water partition coefficient (Wildman–Crippen LogP) is 3.24. The summed E-state index contributed by atoms with van der Waals surface area (Å²) in [6, 6.07) is 25.2. The molecule has 6 heteroatoms. The third kappa shape index (κ3) is 6.92. The quantitative estimate of drug-likeness (QED) is 0.313.